The lowest BCUT2D eigenvalue weighted by Gasteiger charge is -2.42. The number of fused-ring (bicyclic) bond motifs is 1. The van der Waals surface area contributed by atoms with Crippen molar-refractivity contribution in [2.75, 3.05) is 15.7 Å². The standard InChI is InChI=1S/C23H28FN3O6S/c1-14-21(13-25-15(2)28)33-20-11-8-17(26(22(29)30)23(3,4)5)12-19(20)27(14)34(31,32)18-9-6-16(24)7-10-18/h6-12,14,21H,13H2,1-5H3,(H,25,28)(H,29,30)/t14-,21+/m0/s1. The van der Waals surface area contributed by atoms with Crippen molar-refractivity contribution in [3.05, 3.63) is 48.3 Å². The molecule has 1 heterocycles. The summed E-state index contributed by atoms with van der Waals surface area (Å²) in [5.74, 6) is -0.670. The van der Waals surface area contributed by atoms with Crippen LogP contribution in [0.15, 0.2) is 47.4 Å². The van der Waals surface area contributed by atoms with Crippen LogP contribution in [0.25, 0.3) is 0 Å². The van der Waals surface area contributed by atoms with Gasteiger partial charge in [-0.2, -0.15) is 0 Å². The summed E-state index contributed by atoms with van der Waals surface area (Å²) in [6, 6.07) is 8.14. The number of amides is 2. The molecule has 0 aliphatic carbocycles. The Morgan fingerprint density at radius 1 is 1.18 bits per heavy atom. The summed E-state index contributed by atoms with van der Waals surface area (Å²) < 4.78 is 48.0. The molecule has 0 aromatic heterocycles. The highest BCUT2D eigenvalue weighted by Crippen LogP contribution is 2.43. The number of hydrogen-bond acceptors (Lipinski definition) is 5. The van der Waals surface area contributed by atoms with Crippen LogP contribution in [0.4, 0.5) is 20.6 Å². The Bertz CT molecular complexity index is 1190. The monoisotopic (exact) mass is 493 g/mol. The van der Waals surface area contributed by atoms with E-state index in [0.717, 1.165) is 33.5 Å². The van der Waals surface area contributed by atoms with Crippen LogP contribution in [0.1, 0.15) is 34.6 Å². The maximum Gasteiger partial charge on any atom is 0.412 e. The topological polar surface area (TPSA) is 116 Å². The van der Waals surface area contributed by atoms with Crippen LogP contribution in [0.3, 0.4) is 0 Å². The minimum atomic E-state index is -4.20. The quantitative estimate of drug-likeness (QED) is 0.658. The van der Waals surface area contributed by atoms with Crippen molar-refractivity contribution in [1.29, 1.82) is 0 Å². The highest BCUT2D eigenvalue weighted by molar-refractivity contribution is 7.92. The van der Waals surface area contributed by atoms with Crippen molar-refractivity contribution in [2.24, 2.45) is 0 Å². The molecule has 0 saturated carbocycles. The molecule has 2 aromatic rings. The number of nitrogens with zero attached hydrogens (tertiary/aromatic N) is 2. The first-order valence-electron chi connectivity index (χ1n) is 10.6. The van der Waals surface area contributed by atoms with Gasteiger partial charge in [0.05, 0.1) is 28.9 Å². The second kappa shape index (κ2) is 9.13. The molecule has 2 amide bonds. The molecule has 34 heavy (non-hydrogen) atoms. The van der Waals surface area contributed by atoms with Crippen LogP contribution in [-0.2, 0) is 14.8 Å². The van der Waals surface area contributed by atoms with E-state index in [4.69, 9.17) is 4.74 Å². The summed E-state index contributed by atoms with van der Waals surface area (Å²) in [5, 5.41) is 12.4. The van der Waals surface area contributed by atoms with Crippen LogP contribution in [0, 0.1) is 5.82 Å². The molecule has 2 N–H and O–H groups in total. The van der Waals surface area contributed by atoms with Crippen molar-refractivity contribution in [1.82, 2.24) is 5.32 Å². The van der Waals surface area contributed by atoms with Gasteiger partial charge in [0.2, 0.25) is 5.91 Å². The van der Waals surface area contributed by atoms with Gasteiger partial charge in [0, 0.05) is 12.5 Å². The third-order valence-electron chi connectivity index (χ3n) is 5.41. The van der Waals surface area contributed by atoms with Gasteiger partial charge in [-0.05, 0) is 70.2 Å². The van der Waals surface area contributed by atoms with E-state index in [1.54, 1.807) is 27.7 Å². The number of benzene rings is 2. The zero-order valence-electron chi connectivity index (χ0n) is 19.6. The van der Waals surface area contributed by atoms with Gasteiger partial charge >= 0.3 is 6.09 Å². The first kappa shape index (κ1) is 25.3. The van der Waals surface area contributed by atoms with E-state index in [-0.39, 0.29) is 34.5 Å². The van der Waals surface area contributed by atoms with E-state index in [1.165, 1.54) is 25.1 Å². The van der Waals surface area contributed by atoms with Gasteiger partial charge < -0.3 is 15.2 Å². The maximum absolute atomic E-state index is 13.7. The SMILES string of the molecule is CC(=O)NC[C@H]1Oc2ccc(N(C(=O)O)C(C)(C)C)cc2N(S(=O)(=O)c2ccc(F)cc2)[C@H]1C. The Hall–Kier alpha value is -3.34. The summed E-state index contributed by atoms with van der Waals surface area (Å²) in [4.78, 5) is 24.4. The smallest absolute Gasteiger partial charge is 0.412 e. The Balaban J connectivity index is 2.18. The first-order chi connectivity index (χ1) is 15.7. The van der Waals surface area contributed by atoms with E-state index >= 15 is 0 Å². The molecule has 0 radical (unpaired) electrons. The zero-order chi connectivity index (χ0) is 25.4. The van der Waals surface area contributed by atoms with Gasteiger partial charge in [-0.1, -0.05) is 0 Å². The third-order valence-corrected chi connectivity index (χ3v) is 7.32. The Kier molecular flexibility index (Phi) is 6.79. The molecule has 184 valence electrons. The molecule has 0 spiro atoms. The Morgan fingerprint density at radius 2 is 1.79 bits per heavy atom. The number of sulfonamides is 1. The molecule has 9 nitrogen and oxygen atoms in total. The van der Waals surface area contributed by atoms with Gasteiger partial charge in [-0.15, -0.1) is 0 Å². The van der Waals surface area contributed by atoms with Crippen molar-refractivity contribution < 1.29 is 32.2 Å². The van der Waals surface area contributed by atoms with E-state index in [2.05, 4.69) is 5.32 Å². The van der Waals surface area contributed by atoms with E-state index in [0.29, 0.717) is 0 Å². The fraction of sp³-hybridized carbons (Fsp3) is 0.391. The second-order valence-corrected chi connectivity index (χ2v) is 10.8. The van der Waals surface area contributed by atoms with Gasteiger partial charge in [0.15, 0.2) is 0 Å². The number of rotatable bonds is 5. The van der Waals surface area contributed by atoms with Crippen LogP contribution >= 0.6 is 0 Å². The largest absolute Gasteiger partial charge is 0.484 e. The molecule has 1 aliphatic heterocycles. The van der Waals surface area contributed by atoms with Crippen molar-refractivity contribution in [3.63, 3.8) is 0 Å². The lowest BCUT2D eigenvalue weighted by Crippen LogP contribution is -2.54. The van der Waals surface area contributed by atoms with E-state index in [1.807, 2.05) is 0 Å². The average Bonchev–Trinajstić information content (AvgIpc) is 2.71. The van der Waals surface area contributed by atoms with Gasteiger partial charge in [0.25, 0.3) is 10.0 Å². The minimum absolute atomic E-state index is 0.0520. The number of carbonyl (C=O) groups is 2. The summed E-state index contributed by atoms with van der Waals surface area (Å²) in [5.41, 5.74) is -0.409. The minimum Gasteiger partial charge on any atom is -0.484 e. The first-order valence-corrected chi connectivity index (χ1v) is 12.1. The molecule has 0 fully saturated rings. The molecule has 2 aromatic carbocycles. The Morgan fingerprint density at radius 3 is 2.32 bits per heavy atom. The Labute approximate surface area is 198 Å². The summed E-state index contributed by atoms with van der Waals surface area (Å²) in [7, 11) is -4.20. The molecule has 0 unspecified atom stereocenters. The van der Waals surface area contributed by atoms with E-state index < -0.39 is 39.6 Å². The molecule has 11 heteroatoms. The number of nitrogens with one attached hydrogen (secondary N) is 1. The van der Waals surface area contributed by atoms with Crippen LogP contribution in [0.2, 0.25) is 0 Å². The molecular weight excluding hydrogens is 465 g/mol. The van der Waals surface area contributed by atoms with E-state index in [9.17, 15) is 27.5 Å². The van der Waals surface area contributed by atoms with Gasteiger partial charge in [0.1, 0.15) is 17.7 Å². The highest BCUT2D eigenvalue weighted by Gasteiger charge is 2.41. The fourth-order valence-electron chi connectivity index (χ4n) is 3.86. The van der Waals surface area contributed by atoms with Crippen molar-refractivity contribution in [3.8, 4) is 5.75 Å². The summed E-state index contributed by atoms with van der Waals surface area (Å²) >= 11 is 0. The maximum atomic E-state index is 13.7. The van der Waals surface area contributed by atoms with Gasteiger partial charge in [-0.25, -0.2) is 17.6 Å². The number of carboxylic acid groups (broad SMARTS) is 1. The molecule has 3 rings (SSSR count). The predicted molar refractivity (Wildman–Crippen MR) is 125 cm³/mol. The lowest BCUT2D eigenvalue weighted by molar-refractivity contribution is -0.119. The number of halogens is 1. The molecule has 0 bridgehead atoms. The molecule has 0 saturated heterocycles. The number of ether oxygens (including phenoxy) is 1. The zero-order valence-corrected chi connectivity index (χ0v) is 20.4. The second-order valence-electron chi connectivity index (χ2n) is 9.03. The molecule has 1 aliphatic rings. The summed E-state index contributed by atoms with van der Waals surface area (Å²) in [6.45, 7) is 8.18. The predicted octanol–water partition coefficient (Wildman–Crippen LogP) is 3.59. The van der Waals surface area contributed by atoms with Crippen LogP contribution < -0.4 is 19.3 Å². The van der Waals surface area contributed by atoms with Crippen molar-refractivity contribution in [2.45, 2.75) is 57.2 Å². The lowest BCUT2D eigenvalue weighted by atomic mass is 10.0. The fourth-order valence-corrected chi connectivity index (χ4v) is 5.54. The number of anilines is 2. The average molecular weight is 494 g/mol. The summed E-state index contributed by atoms with van der Waals surface area (Å²) in [6.07, 6.45) is -1.93. The number of carbonyl (C=O) groups excluding carboxylic acids is 1. The van der Waals surface area contributed by atoms with Crippen LogP contribution in [0.5, 0.6) is 5.75 Å². The third kappa shape index (κ3) is 4.93. The molecular formula is C23H28FN3O6S. The van der Waals surface area contributed by atoms with Crippen LogP contribution in [-0.4, -0.2) is 49.8 Å². The van der Waals surface area contributed by atoms with Gasteiger partial charge in [-0.3, -0.25) is 14.0 Å². The normalized spacial score (nSPS) is 18.0. The van der Waals surface area contributed by atoms with Crippen molar-refractivity contribution >= 4 is 33.4 Å². The highest BCUT2D eigenvalue weighted by atomic mass is 32.2. The molecule has 2 atom stereocenters. The number of hydrogen-bond donors (Lipinski definition) is 2.